The third-order valence-electron chi connectivity index (χ3n) is 11.3. The summed E-state index contributed by atoms with van der Waals surface area (Å²) >= 11 is 0. The fourth-order valence-corrected chi connectivity index (χ4v) is 13.0. The van der Waals surface area contributed by atoms with Gasteiger partial charge in [-0.15, -0.1) is 0 Å². The largest absolute Gasteiger partial charge is 0.508 e. The van der Waals surface area contributed by atoms with E-state index in [1.165, 1.54) is 49.8 Å². The van der Waals surface area contributed by atoms with Crippen LogP contribution in [-0.2, 0) is 18.6 Å². The summed E-state index contributed by atoms with van der Waals surface area (Å²) in [6.45, 7) is 4.16. The molecular formula is C44H55NO8S4. The molecule has 3 heterocycles. The van der Waals surface area contributed by atoms with E-state index < -0.39 is 29.5 Å². The van der Waals surface area contributed by atoms with Gasteiger partial charge in [-0.3, -0.25) is 4.79 Å². The van der Waals surface area contributed by atoms with Crippen LogP contribution < -0.4 is 15.5 Å². The molecule has 0 radical (unpaired) electrons. The zero-order valence-electron chi connectivity index (χ0n) is 32.7. The van der Waals surface area contributed by atoms with Gasteiger partial charge in [0.15, 0.2) is 5.76 Å². The maximum Gasteiger partial charge on any atom is 0.238 e. The zero-order valence-corrected chi connectivity index (χ0v) is 36.0. The van der Waals surface area contributed by atoms with Crippen molar-refractivity contribution in [1.82, 2.24) is 5.32 Å². The Hall–Kier alpha value is -2.65. The monoisotopic (exact) mass is 853 g/mol. The number of ether oxygens (including phenoxy) is 1. The number of fused-ring (bicyclic) bond motifs is 4. The predicted molar refractivity (Wildman–Crippen MR) is 237 cm³/mol. The van der Waals surface area contributed by atoms with Gasteiger partial charge in [-0.25, -0.2) is 0 Å². The first-order chi connectivity index (χ1) is 27.5. The smallest absolute Gasteiger partial charge is 0.238 e. The Kier molecular flexibility index (Phi) is 14.6. The fourth-order valence-electron chi connectivity index (χ4n) is 8.31. The lowest BCUT2D eigenvalue weighted by molar-refractivity contribution is 0.0190. The quantitative estimate of drug-likeness (QED) is 0.0980. The standard InChI is InChI=1S/C44H55NO8S4/c1-25(2)16-28-19-33(34-23-56-57-24-35(45-29-10-4-3-5-11-29)27-9-6-8-26(17-27)18-32(34)41(28)49)44-43(51)42(50)40-38(20-31(47)21-39(40)53-44)52-37-14-13-30(46)22-55-54-15-7-12-36(37)48/h6,8-9,17,19-21,25,29-30,35-37,45-49,51H,3-5,7,10-16,18,22-24H2,1-2H3. The topological polar surface area (TPSA) is 153 Å². The van der Waals surface area contributed by atoms with E-state index in [1.807, 2.05) is 6.07 Å². The highest BCUT2D eigenvalue weighted by atomic mass is 33.1. The summed E-state index contributed by atoms with van der Waals surface area (Å²) in [5, 5.41) is 60.4. The van der Waals surface area contributed by atoms with Gasteiger partial charge in [0.25, 0.3) is 0 Å². The molecule has 1 saturated carbocycles. The van der Waals surface area contributed by atoms with Gasteiger partial charge in [0, 0.05) is 64.8 Å². The van der Waals surface area contributed by atoms with Gasteiger partial charge in [-0.2, -0.15) is 0 Å². The summed E-state index contributed by atoms with van der Waals surface area (Å²) in [4.78, 5) is 14.3. The van der Waals surface area contributed by atoms with Crippen LogP contribution in [0, 0.1) is 5.92 Å². The second kappa shape index (κ2) is 19.6. The van der Waals surface area contributed by atoms with Gasteiger partial charge in [-0.1, -0.05) is 101 Å². The zero-order chi connectivity index (χ0) is 40.1. The molecule has 0 spiro atoms. The Morgan fingerprint density at radius 3 is 2.47 bits per heavy atom. The minimum Gasteiger partial charge on any atom is -0.508 e. The van der Waals surface area contributed by atoms with Crippen LogP contribution in [0.5, 0.6) is 23.0 Å². The Morgan fingerprint density at radius 2 is 1.67 bits per heavy atom. The van der Waals surface area contributed by atoms with E-state index in [1.54, 1.807) is 43.2 Å². The maximum atomic E-state index is 14.3. The first-order valence-corrected chi connectivity index (χ1v) is 25.3. The molecule has 1 aliphatic carbocycles. The van der Waals surface area contributed by atoms with Gasteiger partial charge in [0.2, 0.25) is 11.2 Å². The number of nitrogens with one attached hydrogen (secondary N) is 1. The van der Waals surface area contributed by atoms with Crippen molar-refractivity contribution in [3.8, 4) is 34.3 Å². The molecule has 3 aliphatic rings. The molecule has 1 aromatic heterocycles. The molecule has 2 fully saturated rings. The number of benzene rings is 3. The molecule has 4 atom stereocenters. The summed E-state index contributed by atoms with van der Waals surface area (Å²) in [7, 11) is 6.72. The minimum absolute atomic E-state index is 0.00787. The summed E-state index contributed by atoms with van der Waals surface area (Å²) < 4.78 is 12.8. The lowest BCUT2D eigenvalue weighted by atomic mass is 9.88. The van der Waals surface area contributed by atoms with E-state index in [9.17, 15) is 30.3 Å². The van der Waals surface area contributed by atoms with Gasteiger partial charge in [0.05, 0.1) is 12.2 Å². The number of hydrogen-bond donors (Lipinski definition) is 6. The van der Waals surface area contributed by atoms with Crippen molar-refractivity contribution in [3.63, 3.8) is 0 Å². The third kappa shape index (κ3) is 10.4. The molecule has 13 heteroatoms. The predicted octanol–water partition coefficient (Wildman–Crippen LogP) is 9.65. The molecule has 0 amide bonds. The molecule has 4 unspecified atom stereocenters. The van der Waals surface area contributed by atoms with Crippen LogP contribution in [0.25, 0.3) is 22.3 Å². The van der Waals surface area contributed by atoms with Gasteiger partial charge >= 0.3 is 0 Å². The van der Waals surface area contributed by atoms with Crippen LogP contribution in [0.2, 0.25) is 0 Å². The SMILES string of the molecule is CC(C)Cc1cc(-c2oc3cc(O)cc(OC4CCC(O)CSSCCCC4O)c3c(=O)c2O)c2c(c1O)Cc1cccc(c1)C(NC1CCCCC1)CSSC2. The van der Waals surface area contributed by atoms with Crippen molar-refractivity contribution < 1.29 is 34.7 Å². The Labute approximate surface area is 350 Å². The lowest BCUT2D eigenvalue weighted by Gasteiger charge is -2.29. The molecule has 57 heavy (non-hydrogen) atoms. The van der Waals surface area contributed by atoms with Crippen LogP contribution in [0.4, 0.5) is 0 Å². The van der Waals surface area contributed by atoms with Crippen molar-refractivity contribution in [1.29, 1.82) is 0 Å². The first kappa shape index (κ1) is 42.5. The van der Waals surface area contributed by atoms with E-state index in [0.717, 1.165) is 34.6 Å². The second-order valence-corrected chi connectivity index (χ2v) is 21.3. The fraction of sp³-hybridized carbons (Fsp3) is 0.523. The van der Waals surface area contributed by atoms with Crippen LogP contribution >= 0.6 is 43.2 Å². The summed E-state index contributed by atoms with van der Waals surface area (Å²) in [6.07, 6.45) is 6.89. The van der Waals surface area contributed by atoms with E-state index in [4.69, 9.17) is 9.15 Å². The van der Waals surface area contributed by atoms with E-state index in [-0.39, 0.29) is 45.9 Å². The molecule has 2 aliphatic heterocycles. The molecule has 7 rings (SSSR count). The van der Waals surface area contributed by atoms with Crippen LogP contribution in [0.15, 0.2) is 51.7 Å². The van der Waals surface area contributed by atoms with Crippen molar-refractivity contribution in [2.45, 2.75) is 121 Å². The number of phenolic OH excluding ortho intramolecular Hbond substituents is 2. The highest BCUT2D eigenvalue weighted by Gasteiger charge is 2.30. The molecule has 4 aromatic rings. The van der Waals surface area contributed by atoms with E-state index >= 15 is 0 Å². The lowest BCUT2D eigenvalue weighted by Crippen LogP contribution is -2.35. The highest BCUT2D eigenvalue weighted by Crippen LogP contribution is 2.45. The molecule has 9 nitrogen and oxygen atoms in total. The summed E-state index contributed by atoms with van der Waals surface area (Å²) in [6, 6.07) is 13.8. The third-order valence-corrected chi connectivity index (χ3v) is 16.1. The Bertz CT molecular complexity index is 2070. The van der Waals surface area contributed by atoms with Crippen LogP contribution in [0.3, 0.4) is 0 Å². The number of hydrogen-bond acceptors (Lipinski definition) is 13. The normalized spacial score (nSPS) is 23.0. The number of aliphatic hydroxyl groups is 2. The number of aliphatic hydroxyl groups excluding tert-OH is 2. The van der Waals surface area contributed by atoms with Gasteiger partial charge in [0.1, 0.15) is 34.3 Å². The molecule has 308 valence electrons. The molecule has 6 N–H and O–H groups in total. The van der Waals surface area contributed by atoms with Crippen molar-refractivity contribution in [3.05, 3.63) is 80.5 Å². The Morgan fingerprint density at radius 1 is 0.860 bits per heavy atom. The van der Waals surface area contributed by atoms with Crippen molar-refractivity contribution >= 4 is 54.1 Å². The summed E-state index contributed by atoms with van der Waals surface area (Å²) in [5.41, 5.74) is 4.30. The summed E-state index contributed by atoms with van der Waals surface area (Å²) in [5.74, 6) is 2.28. The average molecular weight is 854 g/mol. The van der Waals surface area contributed by atoms with E-state index in [2.05, 4.69) is 43.4 Å². The maximum absolute atomic E-state index is 14.3. The average Bonchev–Trinajstić information content (AvgIpc) is 3.23. The number of aromatic hydroxyl groups is 3. The molecule has 1 saturated heterocycles. The molecule has 2 bridgehead atoms. The van der Waals surface area contributed by atoms with Gasteiger partial charge < -0.3 is 40.0 Å². The Balaban J connectivity index is 1.30. The van der Waals surface area contributed by atoms with Crippen molar-refractivity contribution in [2.75, 3.05) is 17.3 Å². The minimum atomic E-state index is -0.874. The first-order valence-electron chi connectivity index (χ1n) is 20.3. The van der Waals surface area contributed by atoms with Crippen LogP contribution in [-0.4, -0.2) is 67.1 Å². The number of phenols is 2. The van der Waals surface area contributed by atoms with E-state index in [0.29, 0.717) is 60.8 Å². The highest BCUT2D eigenvalue weighted by molar-refractivity contribution is 8.76. The van der Waals surface area contributed by atoms with Gasteiger partial charge in [-0.05, 0) is 79.2 Å². The second-order valence-electron chi connectivity index (χ2n) is 16.1. The number of rotatable bonds is 7. The van der Waals surface area contributed by atoms with Crippen molar-refractivity contribution in [2.24, 2.45) is 5.92 Å². The van der Waals surface area contributed by atoms with Crippen LogP contribution in [0.1, 0.15) is 105 Å². The molecular weight excluding hydrogens is 799 g/mol. The molecule has 3 aromatic carbocycles.